The van der Waals surface area contributed by atoms with E-state index in [9.17, 15) is 0 Å². The highest BCUT2D eigenvalue weighted by molar-refractivity contribution is 5.58. The van der Waals surface area contributed by atoms with E-state index in [1.54, 1.807) is 0 Å². The molecule has 0 bridgehead atoms. The van der Waals surface area contributed by atoms with Crippen molar-refractivity contribution in [2.45, 2.75) is 18.8 Å². The number of anilines is 1. The number of fused-ring (bicyclic) bond motifs is 1. The molecule has 3 N–H and O–H groups in total. The molecule has 1 fully saturated rings. The predicted octanol–water partition coefficient (Wildman–Crippen LogP) is 1.95. The van der Waals surface area contributed by atoms with Gasteiger partial charge in [-0.1, -0.05) is 6.07 Å². The molecule has 0 atom stereocenters. The summed E-state index contributed by atoms with van der Waals surface area (Å²) < 4.78 is 1.96. The molecule has 100 valence electrons. The van der Waals surface area contributed by atoms with Gasteiger partial charge in [0.05, 0.1) is 0 Å². The lowest BCUT2D eigenvalue weighted by molar-refractivity contribution is 0.987. The predicted molar refractivity (Wildman–Crippen MR) is 76.0 cm³/mol. The van der Waals surface area contributed by atoms with Crippen LogP contribution in [0.15, 0.2) is 36.7 Å². The zero-order chi connectivity index (χ0) is 13.5. The van der Waals surface area contributed by atoms with E-state index in [0.29, 0.717) is 17.6 Å². The van der Waals surface area contributed by atoms with E-state index in [4.69, 9.17) is 5.84 Å². The summed E-state index contributed by atoms with van der Waals surface area (Å²) in [6.07, 6.45) is 6.26. The van der Waals surface area contributed by atoms with E-state index in [0.717, 1.165) is 17.0 Å². The summed E-state index contributed by atoms with van der Waals surface area (Å²) in [4.78, 5) is 13.6. The van der Waals surface area contributed by atoms with Crippen LogP contribution < -0.4 is 11.3 Å². The largest absolute Gasteiger partial charge is 0.308 e. The molecule has 1 saturated carbocycles. The number of hydrogen-bond donors (Lipinski definition) is 2. The topological polar surface area (TPSA) is 81.1 Å². The minimum absolute atomic E-state index is 0.542. The third-order valence-corrected chi connectivity index (χ3v) is 3.48. The van der Waals surface area contributed by atoms with Gasteiger partial charge in [-0.3, -0.25) is 0 Å². The molecule has 4 rings (SSSR count). The van der Waals surface area contributed by atoms with Gasteiger partial charge in [-0.05, 0) is 25.0 Å². The SMILES string of the molecule is NNc1cc(C2CC2)nc(-c2cn3ccccc3n2)n1. The zero-order valence-electron chi connectivity index (χ0n) is 10.8. The van der Waals surface area contributed by atoms with Crippen molar-refractivity contribution in [2.24, 2.45) is 5.84 Å². The molecule has 3 aromatic rings. The zero-order valence-corrected chi connectivity index (χ0v) is 10.8. The Hall–Kier alpha value is -2.47. The lowest BCUT2D eigenvalue weighted by atomic mass is 10.2. The maximum Gasteiger partial charge on any atom is 0.182 e. The van der Waals surface area contributed by atoms with Gasteiger partial charge in [0.25, 0.3) is 0 Å². The van der Waals surface area contributed by atoms with Gasteiger partial charge in [0.2, 0.25) is 0 Å². The van der Waals surface area contributed by atoms with Crippen LogP contribution in [-0.4, -0.2) is 19.4 Å². The summed E-state index contributed by atoms with van der Waals surface area (Å²) in [6, 6.07) is 7.79. The van der Waals surface area contributed by atoms with Crippen molar-refractivity contribution >= 4 is 11.5 Å². The van der Waals surface area contributed by atoms with Crippen molar-refractivity contribution in [3.63, 3.8) is 0 Å². The summed E-state index contributed by atoms with van der Waals surface area (Å²) in [5.41, 5.74) is 5.29. The molecule has 3 aromatic heterocycles. The highest BCUT2D eigenvalue weighted by atomic mass is 15.3. The van der Waals surface area contributed by atoms with Crippen molar-refractivity contribution in [3.8, 4) is 11.5 Å². The third kappa shape index (κ3) is 1.90. The number of pyridine rings is 1. The summed E-state index contributed by atoms with van der Waals surface area (Å²) in [7, 11) is 0. The number of imidazole rings is 1. The van der Waals surface area contributed by atoms with E-state index in [-0.39, 0.29) is 0 Å². The second kappa shape index (κ2) is 4.28. The van der Waals surface area contributed by atoms with Crippen molar-refractivity contribution in [1.82, 2.24) is 19.4 Å². The van der Waals surface area contributed by atoms with Gasteiger partial charge in [-0.25, -0.2) is 20.8 Å². The normalized spacial score (nSPS) is 14.7. The molecule has 0 amide bonds. The first kappa shape index (κ1) is 11.4. The molecule has 0 aliphatic heterocycles. The van der Waals surface area contributed by atoms with Gasteiger partial charge in [0.15, 0.2) is 5.82 Å². The molecule has 0 aromatic carbocycles. The smallest absolute Gasteiger partial charge is 0.182 e. The number of hydrazine groups is 1. The number of nitrogens with two attached hydrogens (primary N) is 1. The van der Waals surface area contributed by atoms with Gasteiger partial charge in [0, 0.05) is 30.1 Å². The van der Waals surface area contributed by atoms with Gasteiger partial charge < -0.3 is 9.83 Å². The van der Waals surface area contributed by atoms with Gasteiger partial charge in [0.1, 0.15) is 17.2 Å². The standard InChI is InChI=1S/C14H14N6/c15-19-12-7-10(9-4-5-9)17-14(18-12)11-8-20-6-2-1-3-13(20)16-11/h1-3,6-9H,4-5,15H2,(H,17,18,19). The first-order valence-electron chi connectivity index (χ1n) is 6.63. The Morgan fingerprint density at radius 2 is 2.10 bits per heavy atom. The fourth-order valence-electron chi connectivity index (χ4n) is 2.29. The van der Waals surface area contributed by atoms with E-state index in [1.807, 2.05) is 41.1 Å². The second-order valence-corrected chi connectivity index (χ2v) is 5.01. The van der Waals surface area contributed by atoms with E-state index in [1.165, 1.54) is 12.8 Å². The highest BCUT2D eigenvalue weighted by Gasteiger charge is 2.26. The van der Waals surface area contributed by atoms with E-state index < -0.39 is 0 Å². The average molecular weight is 266 g/mol. The number of nitrogens with one attached hydrogen (secondary N) is 1. The summed E-state index contributed by atoms with van der Waals surface area (Å²) >= 11 is 0. The fraction of sp³-hybridized carbons (Fsp3) is 0.214. The molecular weight excluding hydrogens is 252 g/mol. The molecule has 6 heteroatoms. The number of aromatic nitrogens is 4. The summed E-state index contributed by atoms with van der Waals surface area (Å²) in [5.74, 6) is 7.29. The first-order chi connectivity index (χ1) is 9.83. The molecule has 1 aliphatic rings. The van der Waals surface area contributed by atoms with Crippen LogP contribution in [-0.2, 0) is 0 Å². The third-order valence-electron chi connectivity index (χ3n) is 3.48. The van der Waals surface area contributed by atoms with Crippen molar-refractivity contribution < 1.29 is 0 Å². The Labute approximate surface area is 115 Å². The molecule has 6 nitrogen and oxygen atoms in total. The van der Waals surface area contributed by atoms with Crippen LogP contribution in [0.3, 0.4) is 0 Å². The van der Waals surface area contributed by atoms with Crippen molar-refractivity contribution in [1.29, 1.82) is 0 Å². The summed E-state index contributed by atoms with van der Waals surface area (Å²) in [6.45, 7) is 0. The number of hydrogen-bond acceptors (Lipinski definition) is 5. The van der Waals surface area contributed by atoms with Crippen LogP contribution in [0.4, 0.5) is 5.82 Å². The van der Waals surface area contributed by atoms with Gasteiger partial charge >= 0.3 is 0 Å². The Kier molecular flexibility index (Phi) is 2.43. The monoisotopic (exact) mass is 266 g/mol. The number of nitrogen functional groups attached to an aromatic ring is 1. The van der Waals surface area contributed by atoms with Crippen molar-refractivity contribution in [2.75, 3.05) is 5.43 Å². The molecule has 3 heterocycles. The number of nitrogens with zero attached hydrogens (tertiary/aromatic N) is 4. The van der Waals surface area contributed by atoms with Crippen LogP contribution in [0, 0.1) is 0 Å². The molecule has 1 aliphatic carbocycles. The van der Waals surface area contributed by atoms with Crippen LogP contribution in [0.1, 0.15) is 24.5 Å². The highest BCUT2D eigenvalue weighted by Crippen LogP contribution is 2.40. The molecule has 0 spiro atoms. The van der Waals surface area contributed by atoms with Crippen LogP contribution in [0.25, 0.3) is 17.2 Å². The lowest BCUT2D eigenvalue weighted by Crippen LogP contribution is -2.10. The maximum absolute atomic E-state index is 5.50. The first-order valence-corrected chi connectivity index (χ1v) is 6.63. The average Bonchev–Trinajstić information content (AvgIpc) is 3.25. The Bertz CT molecular complexity index is 741. The Morgan fingerprint density at radius 1 is 1.20 bits per heavy atom. The minimum Gasteiger partial charge on any atom is -0.308 e. The van der Waals surface area contributed by atoms with Crippen LogP contribution >= 0.6 is 0 Å². The lowest BCUT2D eigenvalue weighted by Gasteiger charge is -2.05. The second-order valence-electron chi connectivity index (χ2n) is 5.01. The molecular formula is C14H14N6. The van der Waals surface area contributed by atoms with Crippen molar-refractivity contribution in [3.05, 3.63) is 42.4 Å². The molecule has 20 heavy (non-hydrogen) atoms. The Balaban J connectivity index is 1.85. The van der Waals surface area contributed by atoms with Crippen LogP contribution in [0.5, 0.6) is 0 Å². The molecule has 0 radical (unpaired) electrons. The van der Waals surface area contributed by atoms with Gasteiger partial charge in [-0.2, -0.15) is 0 Å². The minimum atomic E-state index is 0.542. The molecule has 0 unspecified atom stereocenters. The maximum atomic E-state index is 5.50. The molecule has 0 saturated heterocycles. The van der Waals surface area contributed by atoms with Gasteiger partial charge in [-0.15, -0.1) is 0 Å². The fourth-order valence-corrected chi connectivity index (χ4v) is 2.29. The van der Waals surface area contributed by atoms with E-state index in [2.05, 4.69) is 20.4 Å². The van der Waals surface area contributed by atoms with E-state index >= 15 is 0 Å². The Morgan fingerprint density at radius 3 is 2.85 bits per heavy atom. The quantitative estimate of drug-likeness (QED) is 0.559. The van der Waals surface area contributed by atoms with Crippen LogP contribution in [0.2, 0.25) is 0 Å². The summed E-state index contributed by atoms with van der Waals surface area (Å²) in [5, 5.41) is 0. The number of rotatable bonds is 3.